The lowest BCUT2D eigenvalue weighted by atomic mass is 9.78. The summed E-state index contributed by atoms with van der Waals surface area (Å²) in [5, 5.41) is 0. The molecule has 2 aromatic carbocycles. The average Bonchev–Trinajstić information content (AvgIpc) is 2.50. The summed E-state index contributed by atoms with van der Waals surface area (Å²) in [5.74, 6) is 0.624. The van der Waals surface area contributed by atoms with Crippen molar-refractivity contribution in [3.05, 3.63) is 71.8 Å². The van der Waals surface area contributed by atoms with E-state index in [1.54, 1.807) is 0 Å². The fourth-order valence-corrected chi connectivity index (χ4v) is 1.78. The Hall–Kier alpha value is -1.56. The third-order valence-electron chi connectivity index (χ3n) is 3.54. The van der Waals surface area contributed by atoms with Crippen LogP contribution in [-0.4, -0.2) is 0 Å². The molecule has 0 aliphatic rings. The van der Waals surface area contributed by atoms with Crippen LogP contribution in [0.4, 0.5) is 0 Å². The van der Waals surface area contributed by atoms with E-state index in [-0.39, 0.29) is 0 Å². The highest BCUT2D eigenvalue weighted by molar-refractivity contribution is 5.20. The fraction of sp³-hybridized carbons (Fsp3) is 0.429. The van der Waals surface area contributed by atoms with Crippen molar-refractivity contribution in [1.82, 2.24) is 0 Å². The van der Waals surface area contributed by atoms with Crippen molar-refractivity contribution in [2.75, 3.05) is 0 Å². The van der Waals surface area contributed by atoms with Crippen molar-refractivity contribution in [3.8, 4) is 0 Å². The highest BCUT2D eigenvalue weighted by Crippen LogP contribution is 2.33. The molecule has 0 aromatic heterocycles. The van der Waals surface area contributed by atoms with Crippen molar-refractivity contribution in [3.63, 3.8) is 0 Å². The molecule has 0 heterocycles. The van der Waals surface area contributed by atoms with Crippen LogP contribution in [0.2, 0.25) is 0 Å². The summed E-state index contributed by atoms with van der Waals surface area (Å²) in [5.41, 5.74) is 3.12. The van der Waals surface area contributed by atoms with Crippen LogP contribution in [0.15, 0.2) is 60.7 Å². The van der Waals surface area contributed by atoms with Crippen LogP contribution in [0.25, 0.3) is 0 Å². The quantitative estimate of drug-likeness (QED) is 0.536. The van der Waals surface area contributed by atoms with Gasteiger partial charge in [-0.25, -0.2) is 0 Å². The molecule has 0 aliphatic heterocycles. The smallest absolute Gasteiger partial charge is 0.0142 e. The summed E-state index contributed by atoms with van der Waals surface area (Å²) in [6.07, 6.45) is 0. The second-order valence-corrected chi connectivity index (χ2v) is 6.15. The zero-order valence-corrected chi connectivity index (χ0v) is 14.9. The van der Waals surface area contributed by atoms with E-state index in [0.717, 1.165) is 0 Å². The van der Waals surface area contributed by atoms with Gasteiger partial charge in [-0.1, -0.05) is 108 Å². The van der Waals surface area contributed by atoms with Gasteiger partial charge in [-0.05, 0) is 23.8 Å². The van der Waals surface area contributed by atoms with E-state index in [9.17, 15) is 0 Å². The van der Waals surface area contributed by atoms with Crippen LogP contribution in [0, 0.1) is 12.3 Å². The normalized spacial score (nSPS) is 11.4. The van der Waals surface area contributed by atoms with Crippen molar-refractivity contribution in [1.29, 1.82) is 0 Å². The molecule has 0 radical (unpaired) electrons. The molecule has 0 amide bonds. The average molecular weight is 284 g/mol. The highest BCUT2D eigenvalue weighted by Gasteiger charge is 2.20. The summed E-state index contributed by atoms with van der Waals surface area (Å²) in [6.45, 7) is 15.2. The molecule has 0 bridgehead atoms. The largest absolute Gasteiger partial charge is 0.0683 e. The molecule has 0 saturated carbocycles. The molecule has 0 saturated heterocycles. The number of hydrogen-bond acceptors (Lipinski definition) is 0. The topological polar surface area (TPSA) is 0 Å². The lowest BCUT2D eigenvalue weighted by molar-refractivity contribution is 0.339. The van der Waals surface area contributed by atoms with Crippen molar-refractivity contribution in [2.45, 2.75) is 54.4 Å². The summed E-state index contributed by atoms with van der Waals surface area (Å²) in [6, 6.07) is 21.0. The monoisotopic (exact) mass is 284 g/mol. The molecular formula is C21H32. The number of aryl methyl sites for hydroxylation is 1. The lowest BCUT2D eigenvalue weighted by Gasteiger charge is -2.27. The predicted molar refractivity (Wildman–Crippen MR) is 96.8 cm³/mol. The zero-order chi connectivity index (χ0) is 16.3. The molecule has 21 heavy (non-hydrogen) atoms. The van der Waals surface area contributed by atoms with Gasteiger partial charge in [0.1, 0.15) is 0 Å². The number of rotatable bonds is 1. The summed E-state index contributed by atoms with van der Waals surface area (Å²) >= 11 is 0. The summed E-state index contributed by atoms with van der Waals surface area (Å²) in [7, 11) is 0. The first-order valence-corrected chi connectivity index (χ1v) is 7.98. The maximum absolute atomic E-state index is 2.29. The number of benzene rings is 2. The third-order valence-corrected chi connectivity index (χ3v) is 3.54. The van der Waals surface area contributed by atoms with Gasteiger partial charge in [0.25, 0.3) is 0 Å². The standard InChI is InChI=1S/C12H18.C7H8.C2H6/c1-10(12(2,3)4)11-8-6-5-7-9-11;1-7-5-3-2-4-6-7;1-2/h5-10H,1-4H3;2-6H,1H3;1-2H3. The van der Waals surface area contributed by atoms with Gasteiger partial charge in [-0.3, -0.25) is 0 Å². The minimum absolute atomic E-state index is 0.362. The van der Waals surface area contributed by atoms with Crippen LogP contribution in [0.1, 0.15) is 58.6 Å². The maximum atomic E-state index is 2.29. The first-order valence-electron chi connectivity index (χ1n) is 7.98. The Kier molecular flexibility index (Phi) is 9.45. The van der Waals surface area contributed by atoms with Crippen molar-refractivity contribution >= 4 is 0 Å². The summed E-state index contributed by atoms with van der Waals surface area (Å²) < 4.78 is 0. The van der Waals surface area contributed by atoms with Crippen LogP contribution in [-0.2, 0) is 0 Å². The minimum atomic E-state index is 0.362. The van der Waals surface area contributed by atoms with E-state index in [1.807, 2.05) is 32.0 Å². The molecule has 0 spiro atoms. The van der Waals surface area contributed by atoms with Gasteiger partial charge in [-0.2, -0.15) is 0 Å². The van der Waals surface area contributed by atoms with Gasteiger partial charge in [0, 0.05) is 0 Å². The van der Waals surface area contributed by atoms with E-state index in [0.29, 0.717) is 11.3 Å². The van der Waals surface area contributed by atoms with E-state index in [1.165, 1.54) is 11.1 Å². The third kappa shape index (κ3) is 8.34. The van der Waals surface area contributed by atoms with E-state index >= 15 is 0 Å². The van der Waals surface area contributed by atoms with Gasteiger partial charge in [0.05, 0.1) is 0 Å². The van der Waals surface area contributed by atoms with E-state index < -0.39 is 0 Å². The number of hydrogen-bond donors (Lipinski definition) is 0. The van der Waals surface area contributed by atoms with Crippen LogP contribution in [0.5, 0.6) is 0 Å². The molecule has 2 rings (SSSR count). The molecule has 1 atom stereocenters. The molecule has 0 nitrogen and oxygen atoms in total. The van der Waals surface area contributed by atoms with Gasteiger partial charge >= 0.3 is 0 Å². The molecule has 0 fully saturated rings. The Morgan fingerprint density at radius 2 is 1.10 bits per heavy atom. The second-order valence-electron chi connectivity index (χ2n) is 6.15. The zero-order valence-electron chi connectivity index (χ0n) is 14.9. The molecule has 2 aromatic rings. The van der Waals surface area contributed by atoms with Crippen molar-refractivity contribution in [2.24, 2.45) is 5.41 Å². The SMILES string of the molecule is CC.CC(c1ccccc1)C(C)(C)C.Cc1ccccc1. The summed E-state index contributed by atoms with van der Waals surface area (Å²) in [4.78, 5) is 0. The second kappa shape index (κ2) is 10.2. The van der Waals surface area contributed by atoms with Gasteiger partial charge in [-0.15, -0.1) is 0 Å². The van der Waals surface area contributed by atoms with E-state index in [4.69, 9.17) is 0 Å². The molecule has 0 N–H and O–H groups in total. The van der Waals surface area contributed by atoms with Crippen LogP contribution < -0.4 is 0 Å². The molecule has 0 heteroatoms. The first kappa shape index (κ1) is 19.4. The predicted octanol–water partition coefficient (Wildman–Crippen LogP) is 6.86. The van der Waals surface area contributed by atoms with Gasteiger partial charge < -0.3 is 0 Å². The van der Waals surface area contributed by atoms with Gasteiger partial charge in [0.15, 0.2) is 0 Å². The lowest BCUT2D eigenvalue weighted by Crippen LogP contribution is -2.14. The molecule has 116 valence electrons. The Bertz CT molecular complexity index is 448. The fourth-order valence-electron chi connectivity index (χ4n) is 1.78. The highest BCUT2D eigenvalue weighted by atomic mass is 14.3. The maximum Gasteiger partial charge on any atom is -0.0142 e. The van der Waals surface area contributed by atoms with Gasteiger partial charge in [0.2, 0.25) is 0 Å². The Morgan fingerprint density at radius 1 is 0.714 bits per heavy atom. The van der Waals surface area contributed by atoms with E-state index in [2.05, 4.69) is 77.1 Å². The minimum Gasteiger partial charge on any atom is -0.0683 e. The Morgan fingerprint density at radius 3 is 1.38 bits per heavy atom. The Balaban J connectivity index is 0.000000377. The molecule has 1 unspecified atom stereocenters. The first-order chi connectivity index (χ1) is 9.91. The molecular weight excluding hydrogens is 252 g/mol. The van der Waals surface area contributed by atoms with Crippen LogP contribution >= 0.6 is 0 Å². The van der Waals surface area contributed by atoms with Crippen molar-refractivity contribution < 1.29 is 0 Å². The Labute approximate surface area is 132 Å². The molecule has 0 aliphatic carbocycles. The van der Waals surface area contributed by atoms with Crippen LogP contribution in [0.3, 0.4) is 0 Å².